The van der Waals surface area contributed by atoms with Crippen LogP contribution in [0.5, 0.6) is 0 Å². The van der Waals surface area contributed by atoms with E-state index in [9.17, 15) is 0 Å². The molecule has 2 aromatic heterocycles. The van der Waals surface area contributed by atoms with Crippen molar-refractivity contribution in [2.75, 3.05) is 0 Å². The lowest BCUT2D eigenvalue weighted by Gasteiger charge is -2.25. The average Bonchev–Trinajstić information content (AvgIpc) is 3.26. The van der Waals surface area contributed by atoms with Gasteiger partial charge in [-0.25, -0.2) is 0 Å². The second-order valence-electron chi connectivity index (χ2n) is 6.88. The van der Waals surface area contributed by atoms with Crippen molar-refractivity contribution < 1.29 is 0 Å². The number of aromatic amines is 1. The van der Waals surface area contributed by atoms with E-state index in [2.05, 4.69) is 83.6 Å². The third kappa shape index (κ3) is 2.26. The van der Waals surface area contributed by atoms with Gasteiger partial charge in [0.15, 0.2) is 0 Å². The van der Waals surface area contributed by atoms with Crippen LogP contribution in [0.25, 0.3) is 27.5 Å². The summed E-state index contributed by atoms with van der Waals surface area (Å²) in [4.78, 5) is 7.95. The van der Waals surface area contributed by atoms with Crippen molar-refractivity contribution in [3.8, 4) is 0 Å². The van der Waals surface area contributed by atoms with Gasteiger partial charge in [0, 0.05) is 52.5 Å². The molecule has 0 saturated carbocycles. The highest BCUT2D eigenvalue weighted by Crippen LogP contribution is 2.31. The molecule has 3 heterocycles. The lowest BCUT2D eigenvalue weighted by molar-refractivity contribution is 0.792. The van der Waals surface area contributed by atoms with Gasteiger partial charge in [0.05, 0.1) is 17.9 Å². The first-order valence-electron chi connectivity index (χ1n) is 8.83. The van der Waals surface area contributed by atoms with Crippen LogP contribution in [0, 0.1) is 0 Å². The van der Waals surface area contributed by atoms with Crippen LogP contribution < -0.4 is 5.32 Å². The van der Waals surface area contributed by atoms with E-state index in [1.165, 1.54) is 21.9 Å². The number of benzene rings is 2. The van der Waals surface area contributed by atoms with Crippen LogP contribution in [-0.4, -0.2) is 15.3 Å². The van der Waals surface area contributed by atoms with Gasteiger partial charge < -0.3 is 14.9 Å². The average molecular weight is 340 g/mol. The van der Waals surface area contributed by atoms with Crippen molar-refractivity contribution in [2.45, 2.75) is 13.0 Å². The summed E-state index contributed by atoms with van der Waals surface area (Å²) >= 11 is 0. The zero-order chi connectivity index (χ0) is 17.7. The van der Waals surface area contributed by atoms with E-state index < -0.39 is 0 Å². The standard InChI is InChI=1S/C22H20N4/c1-14-22(18-13-26(2)21-6-4-3-5-17(18)21)25-20(12-24-14)15-7-8-19-16(11-15)9-10-23-19/h3-13,22-23,25H,1-2H3. The number of aromatic nitrogens is 2. The summed E-state index contributed by atoms with van der Waals surface area (Å²) in [5, 5.41) is 6.18. The highest BCUT2D eigenvalue weighted by Gasteiger charge is 2.23. The van der Waals surface area contributed by atoms with Gasteiger partial charge in [-0.2, -0.15) is 0 Å². The topological polar surface area (TPSA) is 45.1 Å². The Morgan fingerprint density at radius 3 is 2.88 bits per heavy atom. The maximum absolute atomic E-state index is 4.70. The van der Waals surface area contributed by atoms with Crippen LogP contribution in [-0.2, 0) is 7.05 Å². The maximum atomic E-state index is 4.70. The highest BCUT2D eigenvalue weighted by atomic mass is 15.0. The molecule has 4 heteroatoms. The van der Waals surface area contributed by atoms with Gasteiger partial charge in [0.1, 0.15) is 0 Å². The number of hydrogen-bond acceptors (Lipinski definition) is 2. The van der Waals surface area contributed by atoms with E-state index in [0.29, 0.717) is 0 Å². The molecule has 0 amide bonds. The van der Waals surface area contributed by atoms with Crippen LogP contribution in [0.1, 0.15) is 24.1 Å². The smallest absolute Gasteiger partial charge is 0.0918 e. The number of nitrogens with one attached hydrogen (secondary N) is 2. The highest BCUT2D eigenvalue weighted by molar-refractivity contribution is 5.97. The second kappa shape index (κ2) is 5.63. The van der Waals surface area contributed by atoms with Crippen molar-refractivity contribution in [3.63, 3.8) is 0 Å². The number of hydrogen-bond donors (Lipinski definition) is 2. The fraction of sp³-hybridized carbons (Fsp3) is 0.136. The van der Waals surface area contributed by atoms with Gasteiger partial charge in [-0.3, -0.25) is 4.99 Å². The van der Waals surface area contributed by atoms with E-state index in [1.54, 1.807) is 0 Å². The van der Waals surface area contributed by atoms with Crippen molar-refractivity contribution in [2.24, 2.45) is 12.0 Å². The molecule has 0 spiro atoms. The monoisotopic (exact) mass is 340 g/mol. The number of para-hydroxylation sites is 1. The number of rotatable bonds is 2. The third-order valence-electron chi connectivity index (χ3n) is 5.22. The van der Waals surface area contributed by atoms with Gasteiger partial charge in [-0.05, 0) is 36.8 Å². The molecule has 26 heavy (non-hydrogen) atoms. The summed E-state index contributed by atoms with van der Waals surface area (Å²) in [6.07, 6.45) is 6.11. The molecule has 2 N–H and O–H groups in total. The Kier molecular flexibility index (Phi) is 3.25. The Labute approximate surface area is 151 Å². The van der Waals surface area contributed by atoms with Gasteiger partial charge >= 0.3 is 0 Å². The van der Waals surface area contributed by atoms with Crippen molar-refractivity contribution in [1.29, 1.82) is 0 Å². The molecule has 1 aliphatic rings. The predicted octanol–water partition coefficient (Wildman–Crippen LogP) is 4.76. The summed E-state index contributed by atoms with van der Waals surface area (Å²) < 4.78 is 2.18. The predicted molar refractivity (Wildman–Crippen MR) is 108 cm³/mol. The molecule has 2 aromatic carbocycles. The van der Waals surface area contributed by atoms with Crippen molar-refractivity contribution in [3.05, 3.63) is 78.3 Å². The molecule has 0 fully saturated rings. The molecule has 4 nitrogen and oxygen atoms in total. The van der Waals surface area contributed by atoms with E-state index in [4.69, 9.17) is 4.99 Å². The number of aryl methyl sites for hydroxylation is 1. The lowest BCUT2D eigenvalue weighted by atomic mass is 9.99. The Bertz CT molecular complexity index is 1190. The first-order valence-corrected chi connectivity index (χ1v) is 8.83. The molecule has 0 radical (unpaired) electrons. The zero-order valence-electron chi connectivity index (χ0n) is 14.8. The second-order valence-corrected chi connectivity index (χ2v) is 6.88. The molecular weight excluding hydrogens is 320 g/mol. The molecular formula is C22H20N4. The lowest BCUT2D eigenvalue weighted by Crippen LogP contribution is -2.28. The maximum Gasteiger partial charge on any atom is 0.0918 e. The number of fused-ring (bicyclic) bond motifs is 2. The molecule has 0 aliphatic carbocycles. The zero-order valence-corrected chi connectivity index (χ0v) is 14.8. The van der Waals surface area contributed by atoms with Gasteiger partial charge in [-0.1, -0.05) is 24.3 Å². The number of H-pyrrole nitrogens is 1. The minimum Gasteiger partial charge on any atom is -0.371 e. The first kappa shape index (κ1) is 15.0. The van der Waals surface area contributed by atoms with Crippen molar-refractivity contribution >= 4 is 33.2 Å². The minimum atomic E-state index is 0.0722. The molecule has 128 valence electrons. The summed E-state index contributed by atoms with van der Waals surface area (Å²) in [5.41, 5.74) is 6.93. The minimum absolute atomic E-state index is 0.0722. The van der Waals surface area contributed by atoms with Crippen LogP contribution in [0.15, 0.2) is 72.1 Å². The molecule has 0 saturated heterocycles. The quantitative estimate of drug-likeness (QED) is 0.543. The van der Waals surface area contributed by atoms with Gasteiger partial charge in [0.2, 0.25) is 0 Å². The van der Waals surface area contributed by atoms with Crippen LogP contribution in [0.3, 0.4) is 0 Å². The Morgan fingerprint density at radius 2 is 1.96 bits per heavy atom. The fourth-order valence-corrected chi connectivity index (χ4v) is 3.82. The molecule has 5 rings (SSSR count). The van der Waals surface area contributed by atoms with Gasteiger partial charge in [-0.15, -0.1) is 0 Å². The SMILES string of the molecule is CC1=NC=C(c2ccc3[nH]ccc3c2)NC1c1cn(C)c2ccccc12. The van der Waals surface area contributed by atoms with E-state index >= 15 is 0 Å². The fourth-order valence-electron chi connectivity index (χ4n) is 3.82. The summed E-state index contributed by atoms with van der Waals surface area (Å²) in [6.45, 7) is 2.09. The summed E-state index contributed by atoms with van der Waals surface area (Å²) in [5.74, 6) is 0. The van der Waals surface area contributed by atoms with Crippen LogP contribution >= 0.6 is 0 Å². The van der Waals surface area contributed by atoms with E-state index in [-0.39, 0.29) is 6.04 Å². The van der Waals surface area contributed by atoms with Crippen LogP contribution in [0.2, 0.25) is 0 Å². The third-order valence-corrected chi connectivity index (χ3v) is 5.22. The molecule has 4 aromatic rings. The number of aliphatic imine (C=N–C) groups is 1. The molecule has 0 bridgehead atoms. The van der Waals surface area contributed by atoms with E-state index in [1.807, 2.05) is 12.4 Å². The Balaban J connectivity index is 1.57. The normalized spacial score (nSPS) is 17.2. The first-order chi connectivity index (χ1) is 12.7. The Hall–Kier alpha value is -3.27. The molecule has 1 atom stereocenters. The summed E-state index contributed by atoms with van der Waals surface area (Å²) in [7, 11) is 2.09. The Morgan fingerprint density at radius 1 is 1.08 bits per heavy atom. The number of nitrogens with zero attached hydrogens (tertiary/aromatic N) is 2. The van der Waals surface area contributed by atoms with Crippen molar-refractivity contribution in [1.82, 2.24) is 14.9 Å². The largest absolute Gasteiger partial charge is 0.371 e. The van der Waals surface area contributed by atoms with Gasteiger partial charge in [0.25, 0.3) is 0 Å². The van der Waals surface area contributed by atoms with Crippen LogP contribution in [0.4, 0.5) is 0 Å². The molecule has 1 aliphatic heterocycles. The molecule has 1 unspecified atom stereocenters. The summed E-state index contributed by atoms with van der Waals surface area (Å²) in [6, 6.07) is 17.1. The van der Waals surface area contributed by atoms with E-state index in [0.717, 1.165) is 22.5 Å².